The van der Waals surface area contributed by atoms with E-state index in [1.807, 2.05) is 77.4 Å². The number of carbonyl (C=O) groups excluding carboxylic acids is 2. The summed E-state index contributed by atoms with van der Waals surface area (Å²) in [6.45, 7) is 3.45. The zero-order valence-corrected chi connectivity index (χ0v) is 19.7. The number of esters is 1. The summed E-state index contributed by atoms with van der Waals surface area (Å²) < 4.78 is 11.2. The van der Waals surface area contributed by atoms with Gasteiger partial charge in [0.1, 0.15) is 18.1 Å². The first-order valence-corrected chi connectivity index (χ1v) is 11.9. The Labute approximate surface area is 201 Å². The number of hydrogen-bond donors (Lipinski definition) is 0. The summed E-state index contributed by atoms with van der Waals surface area (Å²) in [6.07, 6.45) is 2.76. The number of carbonyl (C=O) groups is 2. The Hall–Kier alpha value is -3.38. The lowest BCUT2D eigenvalue weighted by Crippen LogP contribution is -2.43. The zero-order valence-electron chi connectivity index (χ0n) is 19.7. The van der Waals surface area contributed by atoms with Gasteiger partial charge in [0.05, 0.1) is 19.6 Å². The molecule has 1 aliphatic rings. The third-order valence-electron chi connectivity index (χ3n) is 5.99. The largest absolute Gasteiger partial charge is 0.464 e. The predicted molar refractivity (Wildman–Crippen MR) is 130 cm³/mol. The third kappa shape index (κ3) is 7.32. The molecule has 0 bridgehead atoms. The second kappa shape index (κ2) is 11.7. The number of nitrogens with zero attached hydrogens (tertiary/aromatic N) is 2. The van der Waals surface area contributed by atoms with Crippen LogP contribution < -0.4 is 0 Å². The minimum atomic E-state index is -0.305. The van der Waals surface area contributed by atoms with E-state index in [1.54, 1.807) is 0 Å². The van der Waals surface area contributed by atoms with Crippen molar-refractivity contribution >= 4 is 11.9 Å². The van der Waals surface area contributed by atoms with Crippen molar-refractivity contribution in [3.05, 3.63) is 95.4 Å². The van der Waals surface area contributed by atoms with E-state index in [0.717, 1.165) is 36.3 Å². The molecule has 6 heteroatoms. The minimum absolute atomic E-state index is 0.00672. The van der Waals surface area contributed by atoms with E-state index in [9.17, 15) is 9.59 Å². The summed E-state index contributed by atoms with van der Waals surface area (Å²) in [6, 6.07) is 23.8. The monoisotopic (exact) mass is 460 g/mol. The summed E-state index contributed by atoms with van der Waals surface area (Å²) in [7, 11) is 0. The van der Waals surface area contributed by atoms with Crippen molar-refractivity contribution in [3.63, 3.8) is 0 Å². The van der Waals surface area contributed by atoms with E-state index in [0.29, 0.717) is 13.1 Å². The highest BCUT2D eigenvalue weighted by Crippen LogP contribution is 2.27. The summed E-state index contributed by atoms with van der Waals surface area (Å²) in [5.41, 5.74) is 2.13. The molecule has 1 aromatic heterocycles. The number of ether oxygens (including phenoxy) is 1. The van der Waals surface area contributed by atoms with Crippen molar-refractivity contribution < 1.29 is 18.7 Å². The smallest absolute Gasteiger partial charge is 0.320 e. The first-order valence-electron chi connectivity index (χ1n) is 11.9. The van der Waals surface area contributed by atoms with Gasteiger partial charge in [-0.1, -0.05) is 60.7 Å². The number of rotatable bonds is 12. The Kier molecular flexibility index (Phi) is 8.15. The van der Waals surface area contributed by atoms with Gasteiger partial charge in [0.25, 0.3) is 0 Å². The molecule has 6 nitrogen and oxygen atoms in total. The predicted octanol–water partition coefficient (Wildman–Crippen LogP) is 4.37. The van der Waals surface area contributed by atoms with Gasteiger partial charge in [0, 0.05) is 12.6 Å². The van der Waals surface area contributed by atoms with Gasteiger partial charge in [0.15, 0.2) is 0 Å². The molecule has 2 aromatic carbocycles. The lowest BCUT2D eigenvalue weighted by molar-refractivity contribution is -0.147. The molecule has 0 unspecified atom stereocenters. The van der Waals surface area contributed by atoms with Gasteiger partial charge < -0.3 is 14.1 Å². The van der Waals surface area contributed by atoms with Crippen LogP contribution in [0.4, 0.5) is 0 Å². The van der Waals surface area contributed by atoms with Gasteiger partial charge >= 0.3 is 5.97 Å². The van der Waals surface area contributed by atoms with Crippen molar-refractivity contribution in [1.82, 2.24) is 9.80 Å². The topological polar surface area (TPSA) is 63.0 Å². The van der Waals surface area contributed by atoms with E-state index in [2.05, 4.69) is 12.1 Å². The molecule has 178 valence electrons. The average Bonchev–Trinajstić information content (AvgIpc) is 3.62. The van der Waals surface area contributed by atoms with E-state index in [1.165, 1.54) is 5.56 Å². The highest BCUT2D eigenvalue weighted by molar-refractivity contribution is 5.79. The Balaban J connectivity index is 1.36. The van der Waals surface area contributed by atoms with E-state index < -0.39 is 0 Å². The van der Waals surface area contributed by atoms with Gasteiger partial charge in [-0.25, -0.2) is 0 Å². The summed E-state index contributed by atoms with van der Waals surface area (Å²) in [5, 5.41) is 0. The van der Waals surface area contributed by atoms with Crippen LogP contribution in [0.1, 0.15) is 35.5 Å². The fourth-order valence-corrected chi connectivity index (χ4v) is 3.94. The van der Waals surface area contributed by atoms with Crippen molar-refractivity contribution in [2.24, 2.45) is 0 Å². The normalized spacial score (nSPS) is 13.1. The standard InChI is InChI=1S/C28H32N2O4/c1-22-12-15-26(34-22)18-29(17-16-23-8-4-2-5-9-23)27(31)19-30(25-13-14-25)20-28(32)33-21-24-10-6-3-7-11-24/h2-12,15,25H,13-14,16-21H2,1H3. The van der Waals surface area contributed by atoms with Gasteiger partial charge in [0.2, 0.25) is 5.91 Å². The molecule has 0 saturated heterocycles. The molecule has 1 aliphatic carbocycles. The van der Waals surface area contributed by atoms with E-state index in [-0.39, 0.29) is 37.6 Å². The highest BCUT2D eigenvalue weighted by atomic mass is 16.5. The fraction of sp³-hybridized carbons (Fsp3) is 0.357. The molecule has 0 spiro atoms. The van der Waals surface area contributed by atoms with Gasteiger partial charge in [-0.3, -0.25) is 14.5 Å². The Morgan fingerprint density at radius 1 is 0.912 bits per heavy atom. The van der Waals surface area contributed by atoms with Crippen LogP contribution in [-0.4, -0.2) is 47.4 Å². The van der Waals surface area contributed by atoms with Crippen LogP contribution in [0.15, 0.2) is 77.2 Å². The van der Waals surface area contributed by atoms with Gasteiger partial charge in [-0.15, -0.1) is 0 Å². The molecular weight excluding hydrogens is 428 g/mol. The summed E-state index contributed by atoms with van der Waals surface area (Å²) in [5.74, 6) is 1.28. The Morgan fingerprint density at radius 3 is 2.21 bits per heavy atom. The molecule has 1 saturated carbocycles. The third-order valence-corrected chi connectivity index (χ3v) is 5.99. The molecule has 0 N–H and O–H groups in total. The molecule has 0 radical (unpaired) electrons. The quantitative estimate of drug-likeness (QED) is 0.376. The lowest BCUT2D eigenvalue weighted by atomic mass is 10.1. The molecule has 0 atom stereocenters. The van der Waals surface area contributed by atoms with Crippen LogP contribution in [-0.2, 0) is 33.9 Å². The molecule has 1 fully saturated rings. The lowest BCUT2D eigenvalue weighted by Gasteiger charge is -2.26. The van der Waals surface area contributed by atoms with Crippen LogP contribution in [0, 0.1) is 6.92 Å². The number of aryl methyl sites for hydroxylation is 1. The first-order chi connectivity index (χ1) is 16.6. The van der Waals surface area contributed by atoms with Crippen LogP contribution >= 0.6 is 0 Å². The maximum Gasteiger partial charge on any atom is 0.320 e. The second-order valence-electron chi connectivity index (χ2n) is 8.85. The van der Waals surface area contributed by atoms with Crippen molar-refractivity contribution in [2.75, 3.05) is 19.6 Å². The van der Waals surface area contributed by atoms with Gasteiger partial charge in [-0.05, 0) is 49.4 Å². The molecule has 34 heavy (non-hydrogen) atoms. The van der Waals surface area contributed by atoms with Crippen LogP contribution in [0.25, 0.3) is 0 Å². The second-order valence-corrected chi connectivity index (χ2v) is 8.85. The summed E-state index contributed by atoms with van der Waals surface area (Å²) >= 11 is 0. The molecular formula is C28H32N2O4. The molecule has 1 heterocycles. The number of hydrogen-bond acceptors (Lipinski definition) is 5. The van der Waals surface area contributed by atoms with Crippen LogP contribution in [0.5, 0.6) is 0 Å². The Bertz CT molecular complexity index is 1060. The number of furan rings is 1. The van der Waals surface area contributed by atoms with Crippen LogP contribution in [0.2, 0.25) is 0 Å². The van der Waals surface area contributed by atoms with Crippen molar-refractivity contribution in [2.45, 2.75) is 45.4 Å². The SMILES string of the molecule is Cc1ccc(CN(CCc2ccccc2)C(=O)CN(CC(=O)OCc2ccccc2)C2CC2)o1. The Morgan fingerprint density at radius 2 is 1.59 bits per heavy atom. The highest BCUT2D eigenvalue weighted by Gasteiger charge is 2.33. The van der Waals surface area contributed by atoms with E-state index >= 15 is 0 Å². The summed E-state index contributed by atoms with van der Waals surface area (Å²) in [4.78, 5) is 29.7. The number of benzene rings is 2. The maximum atomic E-state index is 13.4. The molecule has 3 aromatic rings. The van der Waals surface area contributed by atoms with E-state index in [4.69, 9.17) is 9.15 Å². The molecule has 0 aliphatic heterocycles. The van der Waals surface area contributed by atoms with Crippen molar-refractivity contribution in [3.8, 4) is 0 Å². The van der Waals surface area contributed by atoms with Gasteiger partial charge in [-0.2, -0.15) is 0 Å². The number of amides is 1. The fourth-order valence-electron chi connectivity index (χ4n) is 3.94. The molecule has 1 amide bonds. The van der Waals surface area contributed by atoms with Crippen LogP contribution in [0.3, 0.4) is 0 Å². The maximum absolute atomic E-state index is 13.4. The minimum Gasteiger partial charge on any atom is -0.464 e. The average molecular weight is 461 g/mol. The first kappa shape index (κ1) is 23.8. The molecule has 4 rings (SSSR count). The van der Waals surface area contributed by atoms with Crippen molar-refractivity contribution in [1.29, 1.82) is 0 Å². The zero-order chi connectivity index (χ0) is 23.8.